The lowest BCUT2D eigenvalue weighted by Crippen LogP contribution is -2.26. The average molecular weight is 307 g/mol. The molecule has 1 aromatic rings. The lowest BCUT2D eigenvalue weighted by Gasteiger charge is -2.10. The van der Waals surface area contributed by atoms with Crippen molar-refractivity contribution >= 4 is 39.1 Å². The summed E-state index contributed by atoms with van der Waals surface area (Å²) in [4.78, 5) is 15.5. The highest BCUT2D eigenvalue weighted by Gasteiger charge is 2.10. The first-order valence-corrected chi connectivity index (χ1v) is 6.06. The summed E-state index contributed by atoms with van der Waals surface area (Å²) in [5.74, 6) is -0.156. The second-order valence-electron chi connectivity index (χ2n) is 3.41. The van der Waals surface area contributed by atoms with Crippen molar-refractivity contribution in [1.29, 1.82) is 0 Å². The molecule has 0 saturated heterocycles. The topological polar surface area (TPSA) is 68.0 Å². The number of nitrogens with zero attached hydrogens (tertiary/aromatic N) is 1. The summed E-state index contributed by atoms with van der Waals surface area (Å²) in [7, 11) is 0. The Bertz CT molecular complexity index is 386. The van der Waals surface area contributed by atoms with Crippen molar-refractivity contribution in [1.82, 2.24) is 4.98 Å². The normalized spacial score (nSPS) is 12.2. The fourth-order valence-electron chi connectivity index (χ4n) is 1.09. The largest absolute Gasteiger partial charge is 0.327 e. The third-order valence-electron chi connectivity index (χ3n) is 2.05. The van der Waals surface area contributed by atoms with Gasteiger partial charge < -0.3 is 11.1 Å². The first-order chi connectivity index (χ1) is 7.52. The summed E-state index contributed by atoms with van der Waals surface area (Å²) in [6.07, 6.45) is 2.60. The first kappa shape index (κ1) is 13.4. The Morgan fingerprint density at radius 3 is 3.06 bits per heavy atom. The third-order valence-corrected chi connectivity index (χ3v) is 2.79. The number of hydrogen-bond donors (Lipinski definition) is 2. The fraction of sp³-hybridized carbons (Fsp3) is 0.400. The van der Waals surface area contributed by atoms with Gasteiger partial charge in [0.25, 0.3) is 0 Å². The number of carbonyl (C=O) groups excluding carboxylic acids is 1. The predicted octanol–water partition coefficient (Wildman–Crippen LogP) is 2.56. The smallest absolute Gasteiger partial charge is 0.226 e. The number of carbonyl (C=O) groups is 1. The van der Waals surface area contributed by atoms with Gasteiger partial charge in [-0.25, -0.2) is 4.98 Å². The molecule has 88 valence electrons. The molecule has 0 aliphatic rings. The molecule has 6 heteroatoms. The molecular weight excluding hydrogens is 293 g/mol. The maximum Gasteiger partial charge on any atom is 0.226 e. The van der Waals surface area contributed by atoms with E-state index >= 15 is 0 Å². The number of amides is 1. The van der Waals surface area contributed by atoms with E-state index in [1.54, 1.807) is 12.3 Å². The van der Waals surface area contributed by atoms with Crippen LogP contribution in [0.15, 0.2) is 16.7 Å². The van der Waals surface area contributed by atoms with E-state index in [2.05, 4.69) is 26.2 Å². The molecule has 4 nitrogen and oxygen atoms in total. The van der Waals surface area contributed by atoms with Crippen LogP contribution >= 0.6 is 27.5 Å². The van der Waals surface area contributed by atoms with Gasteiger partial charge in [0.05, 0.1) is 5.69 Å². The standard InChI is InChI=1S/C10H13BrClN3O/c1-2-7(13)4-9(16)15-8-3-6(11)5-14-10(8)12/h3,5,7H,2,4,13H2,1H3,(H,15,16). The van der Waals surface area contributed by atoms with Crippen LogP contribution in [0.1, 0.15) is 19.8 Å². The van der Waals surface area contributed by atoms with E-state index in [1.165, 1.54) is 0 Å². The zero-order valence-corrected chi connectivity index (χ0v) is 11.2. The summed E-state index contributed by atoms with van der Waals surface area (Å²) in [5, 5.41) is 2.94. The minimum absolute atomic E-state index is 0.126. The van der Waals surface area contributed by atoms with Gasteiger partial charge in [-0.3, -0.25) is 4.79 Å². The number of nitrogens with two attached hydrogens (primary N) is 1. The number of halogens is 2. The van der Waals surface area contributed by atoms with Gasteiger partial charge in [-0.05, 0) is 28.4 Å². The van der Waals surface area contributed by atoms with Gasteiger partial charge in [0.15, 0.2) is 5.15 Å². The average Bonchev–Trinajstić information content (AvgIpc) is 2.23. The molecule has 1 atom stereocenters. The van der Waals surface area contributed by atoms with Gasteiger partial charge in [-0.1, -0.05) is 18.5 Å². The van der Waals surface area contributed by atoms with Gasteiger partial charge in [-0.15, -0.1) is 0 Å². The molecule has 1 unspecified atom stereocenters. The molecule has 1 heterocycles. The molecule has 0 saturated carbocycles. The maximum atomic E-state index is 11.6. The molecule has 3 N–H and O–H groups in total. The zero-order valence-electron chi connectivity index (χ0n) is 8.84. The van der Waals surface area contributed by atoms with Crippen LogP contribution in [0.2, 0.25) is 5.15 Å². The maximum absolute atomic E-state index is 11.6. The fourth-order valence-corrected chi connectivity index (χ4v) is 1.58. The van der Waals surface area contributed by atoms with Gasteiger partial charge >= 0.3 is 0 Å². The number of hydrogen-bond acceptors (Lipinski definition) is 3. The van der Waals surface area contributed by atoms with Gasteiger partial charge in [0, 0.05) is 23.1 Å². The minimum atomic E-state index is -0.156. The lowest BCUT2D eigenvalue weighted by atomic mass is 10.1. The number of rotatable bonds is 4. The van der Waals surface area contributed by atoms with Crippen molar-refractivity contribution in [3.05, 3.63) is 21.9 Å². The van der Waals surface area contributed by atoms with Gasteiger partial charge in [0.2, 0.25) is 5.91 Å². The first-order valence-electron chi connectivity index (χ1n) is 4.89. The Balaban J connectivity index is 2.65. The van der Waals surface area contributed by atoms with Gasteiger partial charge in [-0.2, -0.15) is 0 Å². The van der Waals surface area contributed by atoms with E-state index in [0.29, 0.717) is 5.69 Å². The molecule has 1 aromatic heterocycles. The summed E-state index contributed by atoms with van der Waals surface area (Å²) in [6.45, 7) is 1.94. The Labute approximate surface area is 108 Å². The van der Waals surface area contributed by atoms with Crippen LogP contribution in [0.5, 0.6) is 0 Å². The van der Waals surface area contributed by atoms with E-state index in [1.807, 2.05) is 6.92 Å². The highest BCUT2D eigenvalue weighted by molar-refractivity contribution is 9.10. The van der Waals surface area contributed by atoms with Crippen molar-refractivity contribution in [2.24, 2.45) is 5.73 Å². The zero-order chi connectivity index (χ0) is 12.1. The highest BCUT2D eigenvalue weighted by Crippen LogP contribution is 2.23. The third kappa shape index (κ3) is 4.08. The number of anilines is 1. The summed E-state index contributed by atoms with van der Waals surface area (Å²) >= 11 is 9.09. The molecule has 1 rings (SSSR count). The molecule has 0 bridgehead atoms. The number of nitrogens with one attached hydrogen (secondary N) is 1. The number of aromatic nitrogens is 1. The summed E-state index contributed by atoms with van der Waals surface area (Å²) < 4.78 is 0.756. The molecular formula is C10H13BrClN3O. The lowest BCUT2D eigenvalue weighted by molar-refractivity contribution is -0.116. The Kier molecular flexibility index (Phi) is 5.18. The van der Waals surface area contributed by atoms with Crippen LogP contribution in [0.4, 0.5) is 5.69 Å². The number of pyridine rings is 1. The molecule has 0 spiro atoms. The van der Waals surface area contributed by atoms with E-state index in [-0.39, 0.29) is 23.5 Å². The Hall–Kier alpha value is -0.650. The van der Waals surface area contributed by atoms with E-state index in [4.69, 9.17) is 17.3 Å². The SMILES string of the molecule is CCC(N)CC(=O)Nc1cc(Br)cnc1Cl. The molecule has 1 amide bonds. The molecule has 0 radical (unpaired) electrons. The summed E-state index contributed by atoms with van der Waals surface area (Å²) in [5.41, 5.74) is 6.17. The van der Waals surface area contributed by atoms with Crippen molar-refractivity contribution in [2.75, 3.05) is 5.32 Å². The van der Waals surface area contributed by atoms with Crippen LogP contribution in [0.25, 0.3) is 0 Å². The van der Waals surface area contributed by atoms with Crippen LogP contribution in [0, 0.1) is 0 Å². The second-order valence-corrected chi connectivity index (χ2v) is 4.69. The van der Waals surface area contributed by atoms with Crippen LogP contribution in [-0.2, 0) is 4.79 Å². The second kappa shape index (κ2) is 6.18. The Morgan fingerprint density at radius 1 is 1.75 bits per heavy atom. The quantitative estimate of drug-likeness (QED) is 0.840. The molecule has 16 heavy (non-hydrogen) atoms. The molecule has 0 aromatic carbocycles. The molecule has 0 aliphatic heterocycles. The van der Waals surface area contributed by atoms with Crippen molar-refractivity contribution in [3.63, 3.8) is 0 Å². The minimum Gasteiger partial charge on any atom is -0.327 e. The van der Waals surface area contributed by atoms with Crippen LogP contribution < -0.4 is 11.1 Å². The predicted molar refractivity (Wildman–Crippen MR) is 68.5 cm³/mol. The molecule has 0 fully saturated rings. The van der Waals surface area contributed by atoms with E-state index < -0.39 is 0 Å². The van der Waals surface area contributed by atoms with Crippen LogP contribution in [-0.4, -0.2) is 16.9 Å². The highest BCUT2D eigenvalue weighted by atomic mass is 79.9. The van der Waals surface area contributed by atoms with E-state index in [9.17, 15) is 4.79 Å². The molecule has 0 aliphatic carbocycles. The van der Waals surface area contributed by atoms with Crippen LogP contribution in [0.3, 0.4) is 0 Å². The van der Waals surface area contributed by atoms with Crippen molar-refractivity contribution in [2.45, 2.75) is 25.8 Å². The summed E-state index contributed by atoms with van der Waals surface area (Å²) in [6, 6.07) is 1.57. The van der Waals surface area contributed by atoms with Gasteiger partial charge in [0.1, 0.15) is 0 Å². The van der Waals surface area contributed by atoms with Crippen molar-refractivity contribution in [3.8, 4) is 0 Å². The van der Waals surface area contributed by atoms with Crippen molar-refractivity contribution < 1.29 is 4.79 Å². The monoisotopic (exact) mass is 305 g/mol. The van der Waals surface area contributed by atoms with E-state index in [0.717, 1.165) is 10.9 Å². The Morgan fingerprint density at radius 2 is 2.44 bits per heavy atom.